The van der Waals surface area contributed by atoms with E-state index in [9.17, 15) is 0 Å². The van der Waals surface area contributed by atoms with Crippen molar-refractivity contribution in [3.63, 3.8) is 0 Å². The van der Waals surface area contributed by atoms with Crippen LogP contribution in [-0.4, -0.2) is 9.78 Å². The van der Waals surface area contributed by atoms with Gasteiger partial charge >= 0.3 is 0 Å². The molecular weight excluding hydrogens is 174 g/mol. The Bertz CT molecular complexity index is 290. The number of nitrogens with two attached hydrogens (primary N) is 1. The van der Waals surface area contributed by atoms with E-state index in [0.29, 0.717) is 16.9 Å². The van der Waals surface area contributed by atoms with E-state index in [1.54, 1.807) is 6.20 Å². The van der Waals surface area contributed by atoms with Crippen molar-refractivity contribution >= 4 is 17.3 Å². The van der Waals surface area contributed by atoms with Gasteiger partial charge in [-0.25, -0.2) is 4.68 Å². The lowest BCUT2D eigenvalue weighted by atomic mass is 10.2. The molecule has 0 amide bonds. The van der Waals surface area contributed by atoms with Crippen molar-refractivity contribution in [2.45, 2.75) is 25.8 Å². The van der Waals surface area contributed by atoms with Crippen molar-refractivity contribution in [1.29, 1.82) is 0 Å². The molecule has 0 aromatic carbocycles. The molecule has 1 fully saturated rings. The Kier molecular flexibility index (Phi) is 1.76. The highest BCUT2D eigenvalue weighted by Crippen LogP contribution is 2.40. The third-order valence-corrected chi connectivity index (χ3v) is 2.84. The molecule has 2 N–H and O–H groups in total. The Balaban J connectivity index is 2.25. The van der Waals surface area contributed by atoms with Crippen LogP contribution in [-0.2, 0) is 0 Å². The van der Waals surface area contributed by atoms with Crippen LogP contribution in [0, 0.1) is 5.92 Å². The van der Waals surface area contributed by atoms with Gasteiger partial charge < -0.3 is 5.73 Å². The van der Waals surface area contributed by atoms with Gasteiger partial charge in [-0.15, -0.1) is 0 Å². The van der Waals surface area contributed by atoms with Gasteiger partial charge in [0, 0.05) is 0 Å². The first-order valence-corrected chi connectivity index (χ1v) is 4.56. The molecule has 0 spiro atoms. The summed E-state index contributed by atoms with van der Waals surface area (Å²) < 4.78 is 1.81. The van der Waals surface area contributed by atoms with E-state index in [0.717, 1.165) is 5.92 Å². The minimum atomic E-state index is 0.398. The van der Waals surface area contributed by atoms with Crippen LogP contribution in [0.4, 0.5) is 5.69 Å². The van der Waals surface area contributed by atoms with Crippen molar-refractivity contribution in [2.75, 3.05) is 5.73 Å². The molecule has 0 unspecified atom stereocenters. The predicted molar refractivity (Wildman–Crippen MR) is 49.1 cm³/mol. The number of nitrogen functional groups attached to an aromatic ring is 1. The van der Waals surface area contributed by atoms with E-state index < -0.39 is 0 Å². The van der Waals surface area contributed by atoms with Crippen LogP contribution < -0.4 is 5.73 Å². The Hall–Kier alpha value is -0.700. The monoisotopic (exact) mass is 185 g/mol. The molecule has 4 heteroatoms. The molecule has 0 radical (unpaired) electrons. The summed E-state index contributed by atoms with van der Waals surface area (Å²) in [6.07, 6.45) is 4.19. The second-order valence-electron chi connectivity index (χ2n) is 3.41. The average molecular weight is 186 g/mol. The first-order chi connectivity index (χ1) is 5.70. The number of hydrogen-bond acceptors (Lipinski definition) is 2. The molecule has 1 aromatic rings. The Labute approximate surface area is 76.5 Å². The first kappa shape index (κ1) is 7.92. The smallest absolute Gasteiger partial charge is 0.150 e. The number of halogens is 1. The normalized spacial score (nSPS) is 19.5. The molecular formula is C8H12ClN3. The fraction of sp³-hybridized carbons (Fsp3) is 0.625. The van der Waals surface area contributed by atoms with Crippen LogP contribution in [0.25, 0.3) is 0 Å². The van der Waals surface area contributed by atoms with Crippen LogP contribution in [0.2, 0.25) is 5.15 Å². The lowest BCUT2D eigenvalue weighted by Gasteiger charge is -2.11. The number of anilines is 1. The van der Waals surface area contributed by atoms with Crippen LogP contribution in [0.5, 0.6) is 0 Å². The van der Waals surface area contributed by atoms with Gasteiger partial charge in [-0.1, -0.05) is 11.6 Å². The topological polar surface area (TPSA) is 43.8 Å². The summed E-state index contributed by atoms with van der Waals surface area (Å²) in [5.41, 5.74) is 6.16. The Morgan fingerprint density at radius 1 is 1.75 bits per heavy atom. The molecule has 12 heavy (non-hydrogen) atoms. The van der Waals surface area contributed by atoms with E-state index in [-0.39, 0.29) is 0 Å². The van der Waals surface area contributed by atoms with Gasteiger partial charge in [0.2, 0.25) is 0 Å². The second-order valence-corrected chi connectivity index (χ2v) is 3.77. The van der Waals surface area contributed by atoms with Crippen LogP contribution in [0.1, 0.15) is 25.8 Å². The highest BCUT2D eigenvalue weighted by molar-refractivity contribution is 6.32. The van der Waals surface area contributed by atoms with E-state index in [2.05, 4.69) is 12.0 Å². The zero-order valence-electron chi connectivity index (χ0n) is 7.00. The summed E-state index contributed by atoms with van der Waals surface area (Å²) in [5.74, 6) is 0.752. The van der Waals surface area contributed by atoms with E-state index in [4.69, 9.17) is 17.3 Å². The zero-order chi connectivity index (χ0) is 8.72. The minimum absolute atomic E-state index is 0.398. The molecule has 66 valence electrons. The van der Waals surface area contributed by atoms with Crippen molar-refractivity contribution < 1.29 is 0 Å². The summed E-state index contributed by atoms with van der Waals surface area (Å²) in [6.45, 7) is 2.13. The molecule has 0 bridgehead atoms. The predicted octanol–water partition coefficient (Wildman–Crippen LogP) is 2.09. The maximum Gasteiger partial charge on any atom is 0.150 e. The summed E-state index contributed by atoms with van der Waals surface area (Å²) in [6, 6.07) is 0.398. The molecule has 1 saturated carbocycles. The molecule has 0 aliphatic heterocycles. The van der Waals surface area contributed by atoms with Gasteiger partial charge in [-0.3, -0.25) is 0 Å². The van der Waals surface area contributed by atoms with Crippen molar-refractivity contribution in [2.24, 2.45) is 5.92 Å². The van der Waals surface area contributed by atoms with Gasteiger partial charge in [0.15, 0.2) is 0 Å². The maximum absolute atomic E-state index is 5.95. The van der Waals surface area contributed by atoms with Gasteiger partial charge in [0.25, 0.3) is 0 Å². The standard InChI is InChI=1S/C8H12ClN3/c1-5(6-2-3-6)12-8(9)7(10)4-11-12/h4-6H,2-3,10H2,1H3/t5-/m0/s1. The molecule has 1 atom stereocenters. The first-order valence-electron chi connectivity index (χ1n) is 4.18. The van der Waals surface area contributed by atoms with E-state index in [1.807, 2.05) is 4.68 Å². The number of hydrogen-bond donors (Lipinski definition) is 1. The summed E-state index contributed by atoms with van der Waals surface area (Å²) >= 11 is 5.95. The largest absolute Gasteiger partial charge is 0.395 e. The molecule has 1 heterocycles. The number of rotatable bonds is 2. The maximum atomic E-state index is 5.95. The van der Waals surface area contributed by atoms with E-state index in [1.165, 1.54) is 12.8 Å². The molecule has 1 aliphatic carbocycles. The van der Waals surface area contributed by atoms with Gasteiger partial charge in [0.1, 0.15) is 5.15 Å². The van der Waals surface area contributed by atoms with Crippen molar-refractivity contribution in [3.8, 4) is 0 Å². The number of nitrogens with zero attached hydrogens (tertiary/aromatic N) is 2. The highest BCUT2D eigenvalue weighted by Gasteiger charge is 2.30. The summed E-state index contributed by atoms with van der Waals surface area (Å²) in [4.78, 5) is 0. The zero-order valence-corrected chi connectivity index (χ0v) is 7.75. The van der Waals surface area contributed by atoms with Crippen LogP contribution in [0.15, 0.2) is 6.20 Å². The quantitative estimate of drug-likeness (QED) is 0.767. The average Bonchev–Trinajstić information content (AvgIpc) is 2.82. The second kappa shape index (κ2) is 2.66. The van der Waals surface area contributed by atoms with Gasteiger partial charge in [0.05, 0.1) is 17.9 Å². The minimum Gasteiger partial charge on any atom is -0.395 e. The van der Waals surface area contributed by atoms with Crippen LogP contribution >= 0.6 is 11.6 Å². The number of aromatic nitrogens is 2. The van der Waals surface area contributed by atoms with Gasteiger partial charge in [-0.05, 0) is 25.7 Å². The fourth-order valence-electron chi connectivity index (χ4n) is 1.42. The van der Waals surface area contributed by atoms with Crippen molar-refractivity contribution in [3.05, 3.63) is 11.3 Å². The highest BCUT2D eigenvalue weighted by atomic mass is 35.5. The Morgan fingerprint density at radius 3 is 2.83 bits per heavy atom. The molecule has 2 rings (SSSR count). The van der Waals surface area contributed by atoms with E-state index >= 15 is 0 Å². The lowest BCUT2D eigenvalue weighted by Crippen LogP contribution is -2.08. The molecule has 1 aliphatic rings. The molecule has 3 nitrogen and oxygen atoms in total. The SMILES string of the molecule is C[C@@H](C1CC1)n1ncc(N)c1Cl. The fourth-order valence-corrected chi connectivity index (χ4v) is 1.67. The summed E-state index contributed by atoms with van der Waals surface area (Å²) in [7, 11) is 0. The van der Waals surface area contributed by atoms with Crippen LogP contribution in [0.3, 0.4) is 0 Å². The summed E-state index contributed by atoms with van der Waals surface area (Å²) in [5, 5.41) is 4.71. The Morgan fingerprint density at radius 2 is 2.42 bits per heavy atom. The molecule has 0 saturated heterocycles. The lowest BCUT2D eigenvalue weighted by molar-refractivity contribution is 0.441. The van der Waals surface area contributed by atoms with Crippen molar-refractivity contribution in [1.82, 2.24) is 9.78 Å². The third-order valence-electron chi connectivity index (χ3n) is 2.45. The molecule has 1 aromatic heterocycles. The van der Waals surface area contributed by atoms with Gasteiger partial charge in [-0.2, -0.15) is 5.10 Å². The third kappa shape index (κ3) is 1.18.